The van der Waals surface area contributed by atoms with Gasteiger partial charge in [0.1, 0.15) is 10.7 Å². The van der Waals surface area contributed by atoms with Gasteiger partial charge in [0.25, 0.3) is 5.91 Å². The SMILES string of the molecule is CCCN1CCN(C(=O)c2csc(CN)n2)CC1. The fraction of sp³-hybridized carbons (Fsp3) is 0.667. The molecule has 2 rings (SSSR count). The standard InChI is InChI=1S/C12H20N4OS/c1-2-3-15-4-6-16(7-5-15)12(17)10-9-18-11(8-13)14-10/h9H,2-8,13H2,1H3. The van der Waals surface area contributed by atoms with Crippen LogP contribution in [0.1, 0.15) is 28.8 Å². The second-order valence-corrected chi connectivity index (χ2v) is 5.41. The zero-order valence-corrected chi connectivity index (χ0v) is 11.6. The summed E-state index contributed by atoms with van der Waals surface area (Å²) in [5.74, 6) is 0.0436. The molecule has 0 bridgehead atoms. The first kappa shape index (κ1) is 13.5. The van der Waals surface area contributed by atoms with E-state index in [4.69, 9.17) is 5.73 Å². The molecule has 1 amide bonds. The average molecular weight is 268 g/mol. The van der Waals surface area contributed by atoms with Gasteiger partial charge in [-0.2, -0.15) is 0 Å². The molecule has 1 aliphatic rings. The lowest BCUT2D eigenvalue weighted by molar-refractivity contribution is 0.0632. The monoisotopic (exact) mass is 268 g/mol. The van der Waals surface area contributed by atoms with Crippen molar-refractivity contribution in [1.82, 2.24) is 14.8 Å². The zero-order valence-electron chi connectivity index (χ0n) is 10.8. The van der Waals surface area contributed by atoms with E-state index in [2.05, 4.69) is 16.8 Å². The van der Waals surface area contributed by atoms with Gasteiger partial charge in [-0.1, -0.05) is 6.92 Å². The number of hydrogen-bond acceptors (Lipinski definition) is 5. The van der Waals surface area contributed by atoms with E-state index in [-0.39, 0.29) is 5.91 Å². The van der Waals surface area contributed by atoms with Gasteiger partial charge in [-0.05, 0) is 13.0 Å². The zero-order chi connectivity index (χ0) is 13.0. The molecule has 1 aliphatic heterocycles. The Labute approximate surface area is 112 Å². The number of carbonyl (C=O) groups excluding carboxylic acids is 1. The Morgan fingerprint density at radius 2 is 2.17 bits per heavy atom. The maximum Gasteiger partial charge on any atom is 0.273 e. The van der Waals surface area contributed by atoms with Crippen molar-refractivity contribution in [3.05, 3.63) is 16.1 Å². The molecule has 1 fully saturated rings. The lowest BCUT2D eigenvalue weighted by Crippen LogP contribution is -2.48. The molecule has 100 valence electrons. The van der Waals surface area contributed by atoms with Gasteiger partial charge in [0, 0.05) is 38.1 Å². The van der Waals surface area contributed by atoms with Crippen LogP contribution >= 0.6 is 11.3 Å². The fourth-order valence-electron chi connectivity index (χ4n) is 2.16. The van der Waals surface area contributed by atoms with Crippen molar-refractivity contribution >= 4 is 17.2 Å². The van der Waals surface area contributed by atoms with E-state index in [1.54, 1.807) is 0 Å². The Kier molecular flexibility index (Phi) is 4.68. The van der Waals surface area contributed by atoms with Gasteiger partial charge in [0.2, 0.25) is 0 Å². The second kappa shape index (κ2) is 6.26. The summed E-state index contributed by atoms with van der Waals surface area (Å²) in [6.07, 6.45) is 1.17. The third kappa shape index (κ3) is 3.07. The average Bonchev–Trinajstić information content (AvgIpc) is 2.88. The Morgan fingerprint density at radius 3 is 2.72 bits per heavy atom. The third-order valence-electron chi connectivity index (χ3n) is 3.14. The lowest BCUT2D eigenvalue weighted by atomic mass is 10.2. The second-order valence-electron chi connectivity index (χ2n) is 4.46. The molecule has 0 spiro atoms. The molecule has 0 aromatic carbocycles. The van der Waals surface area contributed by atoms with Crippen molar-refractivity contribution in [2.75, 3.05) is 32.7 Å². The van der Waals surface area contributed by atoms with Crippen LogP contribution in [-0.2, 0) is 6.54 Å². The number of carbonyl (C=O) groups is 1. The van der Waals surface area contributed by atoms with Gasteiger partial charge >= 0.3 is 0 Å². The van der Waals surface area contributed by atoms with Crippen LogP contribution < -0.4 is 5.73 Å². The summed E-state index contributed by atoms with van der Waals surface area (Å²) in [6.45, 7) is 7.24. The van der Waals surface area contributed by atoms with Crippen LogP contribution in [0.3, 0.4) is 0 Å². The van der Waals surface area contributed by atoms with Crippen molar-refractivity contribution in [2.45, 2.75) is 19.9 Å². The van der Waals surface area contributed by atoms with Crippen LogP contribution in [0.4, 0.5) is 0 Å². The maximum absolute atomic E-state index is 12.2. The third-order valence-corrected chi connectivity index (χ3v) is 4.02. The summed E-state index contributed by atoms with van der Waals surface area (Å²) >= 11 is 1.46. The van der Waals surface area contributed by atoms with Crippen molar-refractivity contribution in [1.29, 1.82) is 0 Å². The molecule has 0 atom stereocenters. The van der Waals surface area contributed by atoms with E-state index in [9.17, 15) is 4.79 Å². The molecule has 1 aromatic rings. The quantitative estimate of drug-likeness (QED) is 0.876. The summed E-state index contributed by atoms with van der Waals surface area (Å²) in [4.78, 5) is 20.7. The summed E-state index contributed by atoms with van der Waals surface area (Å²) in [5.41, 5.74) is 6.06. The number of rotatable bonds is 4. The van der Waals surface area contributed by atoms with Gasteiger partial charge in [-0.25, -0.2) is 4.98 Å². The van der Waals surface area contributed by atoms with E-state index in [0.717, 1.165) is 37.7 Å². The Bertz CT molecular complexity index is 399. The highest BCUT2D eigenvalue weighted by Crippen LogP contribution is 2.13. The molecule has 2 heterocycles. The maximum atomic E-state index is 12.2. The fourth-order valence-corrected chi connectivity index (χ4v) is 2.80. The molecule has 1 saturated heterocycles. The predicted molar refractivity (Wildman–Crippen MR) is 72.6 cm³/mol. The molecule has 0 saturated carbocycles. The van der Waals surface area contributed by atoms with Crippen LogP contribution in [0.2, 0.25) is 0 Å². The molecule has 18 heavy (non-hydrogen) atoms. The summed E-state index contributed by atoms with van der Waals surface area (Å²) in [6, 6.07) is 0. The lowest BCUT2D eigenvalue weighted by Gasteiger charge is -2.34. The number of aromatic nitrogens is 1. The minimum atomic E-state index is 0.0436. The van der Waals surface area contributed by atoms with E-state index in [0.29, 0.717) is 12.2 Å². The van der Waals surface area contributed by atoms with Crippen molar-refractivity contribution in [3.8, 4) is 0 Å². The predicted octanol–water partition coefficient (Wildman–Crippen LogP) is 0.770. The van der Waals surface area contributed by atoms with Crippen LogP contribution in [0.15, 0.2) is 5.38 Å². The number of amides is 1. The molecule has 0 unspecified atom stereocenters. The minimum absolute atomic E-state index is 0.0436. The van der Waals surface area contributed by atoms with Gasteiger partial charge < -0.3 is 10.6 Å². The van der Waals surface area contributed by atoms with Crippen LogP contribution in [0, 0.1) is 0 Å². The van der Waals surface area contributed by atoms with Crippen molar-refractivity contribution < 1.29 is 4.79 Å². The smallest absolute Gasteiger partial charge is 0.273 e. The molecule has 2 N–H and O–H groups in total. The van der Waals surface area contributed by atoms with Crippen molar-refractivity contribution in [2.24, 2.45) is 5.73 Å². The highest BCUT2D eigenvalue weighted by Gasteiger charge is 2.23. The van der Waals surface area contributed by atoms with Crippen LogP contribution in [0.5, 0.6) is 0 Å². The molecule has 5 nitrogen and oxygen atoms in total. The topological polar surface area (TPSA) is 62.5 Å². The number of nitrogens with two attached hydrogens (primary N) is 1. The van der Waals surface area contributed by atoms with E-state index in [1.165, 1.54) is 17.8 Å². The molecule has 6 heteroatoms. The highest BCUT2D eigenvalue weighted by molar-refractivity contribution is 7.09. The normalized spacial score (nSPS) is 17.1. The van der Waals surface area contributed by atoms with E-state index in [1.807, 2.05) is 10.3 Å². The number of thiazole rings is 1. The summed E-state index contributed by atoms with van der Waals surface area (Å²) < 4.78 is 0. The van der Waals surface area contributed by atoms with Crippen molar-refractivity contribution in [3.63, 3.8) is 0 Å². The van der Waals surface area contributed by atoms with Gasteiger partial charge in [0.05, 0.1) is 0 Å². The van der Waals surface area contributed by atoms with E-state index < -0.39 is 0 Å². The van der Waals surface area contributed by atoms with Gasteiger partial charge in [-0.15, -0.1) is 11.3 Å². The highest BCUT2D eigenvalue weighted by atomic mass is 32.1. The number of piperazine rings is 1. The molecular formula is C12H20N4OS. The molecule has 1 aromatic heterocycles. The first-order valence-electron chi connectivity index (χ1n) is 6.40. The Morgan fingerprint density at radius 1 is 1.44 bits per heavy atom. The molecule has 0 aliphatic carbocycles. The largest absolute Gasteiger partial charge is 0.335 e. The first-order valence-corrected chi connectivity index (χ1v) is 7.28. The van der Waals surface area contributed by atoms with E-state index >= 15 is 0 Å². The minimum Gasteiger partial charge on any atom is -0.335 e. The summed E-state index contributed by atoms with van der Waals surface area (Å²) in [5, 5.41) is 2.63. The van der Waals surface area contributed by atoms with Crippen LogP contribution in [-0.4, -0.2) is 53.4 Å². The van der Waals surface area contributed by atoms with Gasteiger partial charge in [-0.3, -0.25) is 9.69 Å². The summed E-state index contributed by atoms with van der Waals surface area (Å²) in [7, 11) is 0. The first-order chi connectivity index (χ1) is 8.74. The number of hydrogen-bond donors (Lipinski definition) is 1. The molecular weight excluding hydrogens is 248 g/mol. The number of nitrogens with zero attached hydrogens (tertiary/aromatic N) is 3. The Balaban J connectivity index is 1.91. The van der Waals surface area contributed by atoms with Gasteiger partial charge in [0.15, 0.2) is 0 Å². The Hall–Kier alpha value is -0.980. The molecule has 0 radical (unpaired) electrons. The van der Waals surface area contributed by atoms with Crippen LogP contribution in [0.25, 0.3) is 0 Å².